The first kappa shape index (κ1) is 17.5. The third kappa shape index (κ3) is 3.52. The van der Waals surface area contributed by atoms with Crippen LogP contribution in [0, 0.1) is 5.41 Å². The zero-order valence-electron chi connectivity index (χ0n) is 14.9. The quantitative estimate of drug-likeness (QED) is 0.811. The highest BCUT2D eigenvalue weighted by Crippen LogP contribution is 2.35. The van der Waals surface area contributed by atoms with E-state index in [2.05, 4.69) is 0 Å². The summed E-state index contributed by atoms with van der Waals surface area (Å²) in [5.74, 6) is 0.0727. The molecule has 2 aliphatic heterocycles. The minimum atomic E-state index is -0.375. The third-order valence-corrected chi connectivity index (χ3v) is 5.23. The van der Waals surface area contributed by atoms with E-state index < -0.39 is 0 Å². The second kappa shape index (κ2) is 6.86. The van der Waals surface area contributed by atoms with Gasteiger partial charge < -0.3 is 14.7 Å². The van der Waals surface area contributed by atoms with Crippen LogP contribution < -0.4 is 0 Å². The summed E-state index contributed by atoms with van der Waals surface area (Å²) in [5, 5.41) is 0. The van der Waals surface area contributed by atoms with Crippen LogP contribution in [0.2, 0.25) is 0 Å². The monoisotopic (exact) mass is 343 g/mol. The molecule has 6 nitrogen and oxygen atoms in total. The van der Waals surface area contributed by atoms with Crippen molar-refractivity contribution in [3.8, 4) is 0 Å². The van der Waals surface area contributed by atoms with Gasteiger partial charge >= 0.3 is 0 Å². The van der Waals surface area contributed by atoms with E-state index in [0.29, 0.717) is 51.3 Å². The van der Waals surface area contributed by atoms with E-state index in [1.807, 2.05) is 34.9 Å². The van der Waals surface area contributed by atoms with Crippen molar-refractivity contribution >= 4 is 17.7 Å². The third-order valence-electron chi connectivity index (χ3n) is 5.23. The number of likely N-dealkylation sites (tertiary alicyclic amines) is 1. The lowest BCUT2D eigenvalue weighted by Gasteiger charge is -2.33. The first-order valence-electron chi connectivity index (χ1n) is 8.82. The topological polar surface area (TPSA) is 60.9 Å². The minimum absolute atomic E-state index is 0.00391. The predicted molar refractivity (Wildman–Crippen MR) is 93.9 cm³/mol. The predicted octanol–water partition coefficient (Wildman–Crippen LogP) is 1.23. The Morgan fingerprint density at radius 3 is 2.28 bits per heavy atom. The maximum Gasteiger partial charge on any atom is 0.253 e. The number of rotatable bonds is 2. The number of hydrogen-bond acceptors (Lipinski definition) is 3. The second-order valence-corrected chi connectivity index (χ2v) is 7.12. The summed E-state index contributed by atoms with van der Waals surface area (Å²) >= 11 is 0. The summed E-state index contributed by atoms with van der Waals surface area (Å²) in [6.07, 6.45) is 0.392. The molecular weight excluding hydrogens is 318 g/mol. The summed E-state index contributed by atoms with van der Waals surface area (Å²) in [6.45, 7) is 6.82. The van der Waals surface area contributed by atoms with Crippen LogP contribution in [-0.4, -0.2) is 71.7 Å². The largest absolute Gasteiger partial charge is 0.342 e. The minimum Gasteiger partial charge on any atom is -0.342 e. The molecule has 2 aliphatic rings. The van der Waals surface area contributed by atoms with Crippen molar-refractivity contribution in [3.63, 3.8) is 0 Å². The number of carbonyl (C=O) groups is 3. The van der Waals surface area contributed by atoms with Crippen LogP contribution >= 0.6 is 0 Å². The van der Waals surface area contributed by atoms with Gasteiger partial charge in [-0.1, -0.05) is 18.2 Å². The van der Waals surface area contributed by atoms with Crippen LogP contribution in [0.25, 0.3) is 0 Å². The maximum atomic E-state index is 12.9. The van der Waals surface area contributed by atoms with Gasteiger partial charge in [-0.05, 0) is 19.1 Å². The van der Waals surface area contributed by atoms with E-state index in [1.54, 1.807) is 24.0 Å². The number of benzene rings is 1. The molecule has 0 saturated carbocycles. The first-order chi connectivity index (χ1) is 11.9. The van der Waals surface area contributed by atoms with Crippen LogP contribution in [0.1, 0.15) is 30.6 Å². The molecule has 1 atom stereocenters. The van der Waals surface area contributed by atoms with Crippen molar-refractivity contribution in [2.75, 3.05) is 39.3 Å². The van der Waals surface area contributed by atoms with Crippen molar-refractivity contribution in [3.05, 3.63) is 35.9 Å². The van der Waals surface area contributed by atoms with Crippen molar-refractivity contribution in [2.24, 2.45) is 5.41 Å². The molecule has 0 aliphatic carbocycles. The number of hydrogen-bond donors (Lipinski definition) is 0. The molecule has 1 aromatic rings. The normalized spacial score (nSPS) is 23.9. The lowest BCUT2D eigenvalue weighted by molar-refractivity contribution is -0.130. The van der Waals surface area contributed by atoms with E-state index in [4.69, 9.17) is 0 Å². The van der Waals surface area contributed by atoms with Gasteiger partial charge in [0.25, 0.3) is 5.91 Å². The standard InChI is InChI=1S/C19H25N3O3/c1-3-20-12-19(11-17(20)24)13-21(15(2)23)9-10-22(14-19)18(25)16-7-5-4-6-8-16/h4-8H,3,9-14H2,1-2H3/t19-/m1/s1. The van der Waals surface area contributed by atoms with Gasteiger partial charge in [-0.2, -0.15) is 0 Å². The molecule has 0 N–H and O–H groups in total. The fourth-order valence-corrected chi connectivity index (χ4v) is 3.95. The van der Waals surface area contributed by atoms with Crippen LogP contribution in [-0.2, 0) is 9.59 Å². The maximum absolute atomic E-state index is 12.9. The first-order valence-corrected chi connectivity index (χ1v) is 8.82. The summed E-state index contributed by atoms with van der Waals surface area (Å²) < 4.78 is 0. The fourth-order valence-electron chi connectivity index (χ4n) is 3.95. The van der Waals surface area contributed by atoms with Gasteiger partial charge in [0, 0.05) is 63.6 Å². The van der Waals surface area contributed by atoms with E-state index in [-0.39, 0.29) is 23.1 Å². The van der Waals surface area contributed by atoms with Gasteiger partial charge in [0.15, 0.2) is 0 Å². The molecule has 0 unspecified atom stereocenters. The van der Waals surface area contributed by atoms with Gasteiger partial charge in [-0.15, -0.1) is 0 Å². The van der Waals surface area contributed by atoms with Gasteiger partial charge in [-0.3, -0.25) is 14.4 Å². The highest BCUT2D eigenvalue weighted by Gasteiger charge is 2.47. The lowest BCUT2D eigenvalue weighted by atomic mass is 9.85. The van der Waals surface area contributed by atoms with Crippen LogP contribution in [0.15, 0.2) is 30.3 Å². The van der Waals surface area contributed by atoms with E-state index in [1.165, 1.54) is 0 Å². The molecule has 1 spiro atoms. The zero-order valence-corrected chi connectivity index (χ0v) is 14.9. The van der Waals surface area contributed by atoms with Gasteiger partial charge in [0.2, 0.25) is 11.8 Å². The number of amides is 3. The molecular formula is C19H25N3O3. The van der Waals surface area contributed by atoms with Crippen LogP contribution in [0.3, 0.4) is 0 Å². The Hall–Kier alpha value is -2.37. The molecule has 2 heterocycles. The molecule has 0 bridgehead atoms. The van der Waals surface area contributed by atoms with Crippen LogP contribution in [0.5, 0.6) is 0 Å². The zero-order chi connectivity index (χ0) is 18.0. The van der Waals surface area contributed by atoms with Crippen molar-refractivity contribution in [1.29, 1.82) is 0 Å². The molecule has 2 fully saturated rings. The highest BCUT2D eigenvalue weighted by atomic mass is 16.2. The molecule has 6 heteroatoms. The lowest BCUT2D eigenvalue weighted by Crippen LogP contribution is -2.45. The number of carbonyl (C=O) groups excluding carboxylic acids is 3. The highest BCUT2D eigenvalue weighted by molar-refractivity contribution is 5.94. The Morgan fingerprint density at radius 2 is 1.68 bits per heavy atom. The molecule has 0 aromatic heterocycles. The van der Waals surface area contributed by atoms with Gasteiger partial charge in [0.05, 0.1) is 0 Å². The van der Waals surface area contributed by atoms with Crippen LogP contribution in [0.4, 0.5) is 0 Å². The second-order valence-electron chi connectivity index (χ2n) is 7.12. The summed E-state index contributed by atoms with van der Waals surface area (Å²) in [4.78, 5) is 42.7. The molecule has 134 valence electrons. The van der Waals surface area contributed by atoms with Crippen molar-refractivity contribution < 1.29 is 14.4 Å². The van der Waals surface area contributed by atoms with E-state index in [0.717, 1.165) is 0 Å². The SMILES string of the molecule is CCN1C[C@]2(CC1=O)CN(C(C)=O)CCN(C(=O)c1ccccc1)C2. The van der Waals surface area contributed by atoms with E-state index >= 15 is 0 Å². The molecule has 3 amide bonds. The Balaban J connectivity index is 1.88. The van der Waals surface area contributed by atoms with Gasteiger partial charge in [-0.25, -0.2) is 0 Å². The molecule has 2 saturated heterocycles. The average molecular weight is 343 g/mol. The molecule has 0 radical (unpaired) electrons. The molecule has 25 heavy (non-hydrogen) atoms. The van der Waals surface area contributed by atoms with Crippen molar-refractivity contribution in [1.82, 2.24) is 14.7 Å². The fraction of sp³-hybridized carbons (Fsp3) is 0.526. The van der Waals surface area contributed by atoms with Gasteiger partial charge in [0.1, 0.15) is 0 Å². The Bertz CT molecular complexity index is 676. The summed E-state index contributed by atoms with van der Waals surface area (Å²) in [6, 6.07) is 9.19. The molecule has 3 rings (SSSR count). The summed E-state index contributed by atoms with van der Waals surface area (Å²) in [5.41, 5.74) is 0.269. The van der Waals surface area contributed by atoms with Crippen molar-refractivity contribution in [2.45, 2.75) is 20.3 Å². The Morgan fingerprint density at radius 1 is 1.04 bits per heavy atom. The molecule has 1 aromatic carbocycles. The summed E-state index contributed by atoms with van der Waals surface area (Å²) in [7, 11) is 0. The van der Waals surface area contributed by atoms with E-state index in [9.17, 15) is 14.4 Å². The number of nitrogens with zero attached hydrogens (tertiary/aromatic N) is 3. The Labute approximate surface area is 148 Å². The smallest absolute Gasteiger partial charge is 0.253 e. The Kier molecular flexibility index (Phi) is 4.79. The average Bonchev–Trinajstić information content (AvgIpc) is 2.80.